The van der Waals surface area contributed by atoms with E-state index in [-0.39, 0.29) is 30.8 Å². The van der Waals surface area contributed by atoms with E-state index in [1.807, 2.05) is 29.6 Å². The summed E-state index contributed by atoms with van der Waals surface area (Å²) < 4.78 is 17.2. The second-order valence-electron chi connectivity index (χ2n) is 8.21. The smallest absolute Gasteiger partial charge is 0.122 e. The average Bonchev–Trinajstić information content (AvgIpc) is 3.40. The molecule has 2 N–H and O–H groups in total. The molecule has 2 aliphatic rings. The van der Waals surface area contributed by atoms with Crippen molar-refractivity contribution in [1.29, 1.82) is 0 Å². The summed E-state index contributed by atoms with van der Waals surface area (Å²) in [5, 5.41) is 22.7. The molecular formula is C24H31NO5S. The summed E-state index contributed by atoms with van der Waals surface area (Å²) in [6.07, 6.45) is 8.51. The van der Waals surface area contributed by atoms with Crippen LogP contribution in [0.1, 0.15) is 48.9 Å². The SMILES string of the molecule is COc1ccc(OCCC/C=C/[C@@H]2[C@H]3CC[C@H](c4nc(CO)cs4)O[C@H]3C[C@H]2O)cc1. The Hall–Kier alpha value is -1.93. The van der Waals surface area contributed by atoms with E-state index in [0.29, 0.717) is 24.6 Å². The maximum Gasteiger partial charge on any atom is 0.122 e. The number of unbranched alkanes of at least 4 members (excludes halogenated alkanes) is 1. The number of hydrogen-bond donors (Lipinski definition) is 2. The molecule has 0 amide bonds. The number of fused-ring (bicyclic) bond motifs is 1. The van der Waals surface area contributed by atoms with Crippen LogP contribution < -0.4 is 9.47 Å². The molecule has 31 heavy (non-hydrogen) atoms. The van der Waals surface area contributed by atoms with E-state index in [4.69, 9.17) is 14.2 Å². The van der Waals surface area contributed by atoms with Crippen molar-refractivity contribution in [1.82, 2.24) is 4.98 Å². The zero-order valence-corrected chi connectivity index (χ0v) is 18.7. The molecule has 0 unspecified atom stereocenters. The van der Waals surface area contributed by atoms with Crippen LogP contribution in [-0.4, -0.2) is 41.1 Å². The molecule has 5 atom stereocenters. The van der Waals surface area contributed by atoms with Crippen molar-refractivity contribution in [2.75, 3.05) is 13.7 Å². The molecule has 0 radical (unpaired) electrons. The molecule has 1 saturated carbocycles. The van der Waals surface area contributed by atoms with Gasteiger partial charge in [-0.2, -0.15) is 0 Å². The van der Waals surface area contributed by atoms with Crippen LogP contribution in [0.4, 0.5) is 0 Å². The van der Waals surface area contributed by atoms with Crippen molar-refractivity contribution < 1.29 is 24.4 Å². The zero-order chi connectivity index (χ0) is 21.6. The topological polar surface area (TPSA) is 81.0 Å². The molecular weight excluding hydrogens is 414 g/mol. The highest BCUT2D eigenvalue weighted by Gasteiger charge is 2.45. The van der Waals surface area contributed by atoms with Crippen LogP contribution in [0.15, 0.2) is 41.8 Å². The molecule has 0 bridgehead atoms. The fourth-order valence-electron chi connectivity index (χ4n) is 4.57. The lowest BCUT2D eigenvalue weighted by Crippen LogP contribution is -2.29. The van der Waals surface area contributed by atoms with Crippen LogP contribution in [0.3, 0.4) is 0 Å². The third-order valence-electron chi connectivity index (χ3n) is 6.20. The minimum absolute atomic E-state index is 0.0171. The molecule has 6 nitrogen and oxygen atoms in total. The first-order valence-electron chi connectivity index (χ1n) is 11.0. The molecule has 2 aromatic rings. The van der Waals surface area contributed by atoms with Crippen molar-refractivity contribution in [3.05, 3.63) is 52.5 Å². The predicted molar refractivity (Wildman–Crippen MR) is 119 cm³/mol. The van der Waals surface area contributed by atoms with Crippen molar-refractivity contribution >= 4 is 11.3 Å². The van der Waals surface area contributed by atoms with Crippen molar-refractivity contribution in [2.45, 2.75) is 57.0 Å². The van der Waals surface area contributed by atoms with Gasteiger partial charge in [-0.25, -0.2) is 4.98 Å². The van der Waals surface area contributed by atoms with E-state index >= 15 is 0 Å². The fraction of sp³-hybridized carbons (Fsp3) is 0.542. The highest BCUT2D eigenvalue weighted by Crippen LogP contribution is 2.46. The van der Waals surface area contributed by atoms with E-state index in [1.165, 1.54) is 0 Å². The van der Waals surface area contributed by atoms with Gasteiger partial charge in [0.2, 0.25) is 0 Å². The molecule has 1 aromatic carbocycles. The monoisotopic (exact) mass is 445 g/mol. The van der Waals surface area contributed by atoms with Gasteiger partial charge in [-0.15, -0.1) is 11.3 Å². The number of ether oxygens (including phenoxy) is 3. The standard InChI is InChI=1S/C24H31NO5S/c1-28-17-6-8-18(9-7-17)29-12-4-2-3-5-19-20-10-11-22(30-23(20)13-21(19)27)24-25-16(14-26)15-31-24/h3,5-9,15,19-23,26-27H,2,4,10-14H2,1H3/b5-3+/t19-,20-,21-,22-,23+/m1/s1. The average molecular weight is 446 g/mol. The third-order valence-corrected chi connectivity index (χ3v) is 7.19. The Bertz CT molecular complexity index is 852. The maximum absolute atomic E-state index is 10.6. The number of benzene rings is 1. The number of thiazole rings is 1. The number of rotatable bonds is 9. The normalized spacial score (nSPS) is 28.0. The Labute approximate surface area is 187 Å². The minimum Gasteiger partial charge on any atom is -0.497 e. The molecule has 7 heteroatoms. The summed E-state index contributed by atoms with van der Waals surface area (Å²) in [5.74, 6) is 2.18. The van der Waals surface area contributed by atoms with Gasteiger partial charge < -0.3 is 24.4 Å². The maximum atomic E-state index is 10.6. The lowest BCUT2D eigenvalue weighted by molar-refractivity contribution is -0.0767. The summed E-state index contributed by atoms with van der Waals surface area (Å²) in [4.78, 5) is 4.46. The highest BCUT2D eigenvalue weighted by atomic mass is 32.1. The predicted octanol–water partition coefficient (Wildman–Crippen LogP) is 4.28. The minimum atomic E-state index is -0.357. The third kappa shape index (κ3) is 5.47. The van der Waals surface area contributed by atoms with E-state index in [1.54, 1.807) is 18.4 Å². The molecule has 2 heterocycles. The summed E-state index contributed by atoms with van der Waals surface area (Å²) in [7, 11) is 1.65. The molecule has 1 saturated heterocycles. The van der Waals surface area contributed by atoms with Gasteiger partial charge in [0.1, 0.15) is 22.6 Å². The Kier molecular flexibility index (Phi) is 7.61. The molecule has 0 spiro atoms. The number of aliphatic hydroxyl groups excluding tert-OH is 2. The summed E-state index contributed by atoms with van der Waals surface area (Å²) >= 11 is 1.55. The molecule has 4 rings (SSSR count). The van der Waals surface area contributed by atoms with Crippen LogP contribution in [0.5, 0.6) is 11.5 Å². The molecule has 1 aliphatic heterocycles. The Morgan fingerprint density at radius 2 is 2.03 bits per heavy atom. The zero-order valence-electron chi connectivity index (χ0n) is 17.9. The summed E-state index contributed by atoms with van der Waals surface area (Å²) in [6.45, 7) is 0.621. The summed E-state index contributed by atoms with van der Waals surface area (Å²) in [5.41, 5.74) is 0.703. The Morgan fingerprint density at radius 3 is 2.77 bits per heavy atom. The van der Waals surface area contributed by atoms with E-state index < -0.39 is 0 Å². The number of methoxy groups -OCH3 is 1. The van der Waals surface area contributed by atoms with Gasteiger partial charge in [0, 0.05) is 17.7 Å². The summed E-state index contributed by atoms with van der Waals surface area (Å²) in [6, 6.07) is 7.61. The van der Waals surface area contributed by atoms with Crippen LogP contribution in [0.2, 0.25) is 0 Å². The first-order valence-corrected chi connectivity index (χ1v) is 11.9. The van der Waals surface area contributed by atoms with Crippen molar-refractivity contribution in [2.24, 2.45) is 11.8 Å². The number of allylic oxidation sites excluding steroid dienone is 1. The second kappa shape index (κ2) is 10.6. The van der Waals surface area contributed by atoms with Gasteiger partial charge in [0.25, 0.3) is 0 Å². The quantitative estimate of drug-likeness (QED) is 0.443. The first kappa shape index (κ1) is 22.3. The van der Waals surface area contributed by atoms with E-state index in [9.17, 15) is 10.2 Å². The van der Waals surface area contributed by atoms with Gasteiger partial charge in [-0.05, 0) is 55.9 Å². The highest BCUT2D eigenvalue weighted by molar-refractivity contribution is 7.09. The molecule has 1 aromatic heterocycles. The molecule has 1 aliphatic carbocycles. The fourth-order valence-corrected chi connectivity index (χ4v) is 5.45. The van der Waals surface area contributed by atoms with E-state index in [2.05, 4.69) is 17.1 Å². The number of nitrogens with zero attached hydrogens (tertiary/aromatic N) is 1. The lowest BCUT2D eigenvalue weighted by atomic mass is 9.86. The number of aliphatic hydroxyl groups is 2. The number of aromatic nitrogens is 1. The molecule has 168 valence electrons. The Morgan fingerprint density at radius 1 is 1.23 bits per heavy atom. The Balaban J connectivity index is 1.21. The van der Waals surface area contributed by atoms with Gasteiger partial charge in [-0.3, -0.25) is 0 Å². The van der Waals surface area contributed by atoms with Crippen molar-refractivity contribution in [3.8, 4) is 11.5 Å². The van der Waals surface area contributed by atoms with Gasteiger partial charge in [0.05, 0.1) is 38.2 Å². The largest absolute Gasteiger partial charge is 0.497 e. The van der Waals surface area contributed by atoms with Crippen LogP contribution in [0, 0.1) is 11.8 Å². The van der Waals surface area contributed by atoms with Gasteiger partial charge in [0.15, 0.2) is 0 Å². The lowest BCUT2D eigenvalue weighted by Gasteiger charge is -2.33. The van der Waals surface area contributed by atoms with Crippen LogP contribution in [-0.2, 0) is 11.3 Å². The van der Waals surface area contributed by atoms with E-state index in [0.717, 1.165) is 42.2 Å². The van der Waals surface area contributed by atoms with Gasteiger partial charge >= 0.3 is 0 Å². The van der Waals surface area contributed by atoms with Crippen LogP contribution in [0.25, 0.3) is 0 Å². The first-order chi connectivity index (χ1) is 15.2. The van der Waals surface area contributed by atoms with Crippen molar-refractivity contribution in [3.63, 3.8) is 0 Å². The van der Waals surface area contributed by atoms with Gasteiger partial charge in [-0.1, -0.05) is 12.2 Å². The number of hydrogen-bond acceptors (Lipinski definition) is 7. The molecule has 2 fully saturated rings. The van der Waals surface area contributed by atoms with Crippen LogP contribution >= 0.6 is 11.3 Å². The second-order valence-corrected chi connectivity index (χ2v) is 9.10.